The minimum Gasteiger partial charge on any atom is -0.481 e. The van der Waals surface area contributed by atoms with Gasteiger partial charge in [-0.15, -0.1) is 0 Å². The second-order valence-electron chi connectivity index (χ2n) is 5.01. The van der Waals surface area contributed by atoms with Crippen LogP contribution in [-0.4, -0.2) is 29.1 Å². The number of carboxylic acid groups (broad SMARTS) is 1. The highest BCUT2D eigenvalue weighted by Gasteiger charge is 2.29. The van der Waals surface area contributed by atoms with Crippen LogP contribution in [0, 0.1) is 5.92 Å². The van der Waals surface area contributed by atoms with Crippen LogP contribution in [0.2, 0.25) is 10.0 Å². The summed E-state index contributed by atoms with van der Waals surface area (Å²) in [5.74, 6) is -0.985. The lowest BCUT2D eigenvalue weighted by Gasteiger charge is -2.35. The Hall–Kier alpha value is -0.770. The topological polar surface area (TPSA) is 40.5 Å². The van der Waals surface area contributed by atoms with Crippen LogP contribution in [0.3, 0.4) is 0 Å². The molecule has 1 fully saturated rings. The molecule has 5 heteroatoms. The highest BCUT2D eigenvalue weighted by molar-refractivity contribution is 6.35. The van der Waals surface area contributed by atoms with Gasteiger partial charge in [-0.2, -0.15) is 0 Å². The summed E-state index contributed by atoms with van der Waals surface area (Å²) in [5, 5.41) is 10.4. The number of piperidine rings is 1. The highest BCUT2D eigenvalue weighted by atomic mass is 35.5. The molecular formula is C14H17Cl2NO2. The number of likely N-dealkylation sites (tertiary alicyclic amines) is 1. The van der Waals surface area contributed by atoms with Gasteiger partial charge in [0.1, 0.15) is 0 Å². The van der Waals surface area contributed by atoms with Crippen LogP contribution >= 0.6 is 23.2 Å². The number of halogens is 2. The average molecular weight is 302 g/mol. The Labute approximate surface area is 123 Å². The third-order valence-electron chi connectivity index (χ3n) is 3.76. The number of nitrogens with zero attached hydrogens (tertiary/aromatic N) is 1. The van der Waals surface area contributed by atoms with Crippen LogP contribution in [0.1, 0.15) is 31.4 Å². The van der Waals surface area contributed by atoms with Crippen LogP contribution in [0.5, 0.6) is 0 Å². The molecule has 2 rings (SSSR count). The monoisotopic (exact) mass is 301 g/mol. The molecule has 0 aromatic heterocycles. The molecule has 3 nitrogen and oxygen atoms in total. The summed E-state index contributed by atoms with van der Waals surface area (Å²) < 4.78 is 0. The van der Waals surface area contributed by atoms with Crippen LogP contribution < -0.4 is 0 Å². The predicted molar refractivity (Wildman–Crippen MR) is 76.8 cm³/mol. The van der Waals surface area contributed by atoms with Crippen LogP contribution in [-0.2, 0) is 4.79 Å². The van der Waals surface area contributed by atoms with Gasteiger partial charge in [-0.05, 0) is 44.0 Å². The van der Waals surface area contributed by atoms with Crippen molar-refractivity contribution < 1.29 is 9.90 Å². The third kappa shape index (κ3) is 3.41. The Bertz CT molecular complexity index is 479. The van der Waals surface area contributed by atoms with E-state index in [0.29, 0.717) is 16.6 Å². The van der Waals surface area contributed by atoms with Crippen LogP contribution in [0.25, 0.3) is 0 Å². The summed E-state index contributed by atoms with van der Waals surface area (Å²) in [4.78, 5) is 13.3. The zero-order valence-corrected chi connectivity index (χ0v) is 12.3. The number of hydrogen-bond donors (Lipinski definition) is 1. The van der Waals surface area contributed by atoms with Crippen molar-refractivity contribution in [2.24, 2.45) is 5.92 Å². The Morgan fingerprint density at radius 1 is 1.47 bits per heavy atom. The smallest absolute Gasteiger partial charge is 0.307 e. The zero-order valence-electron chi connectivity index (χ0n) is 10.8. The molecule has 1 saturated heterocycles. The number of hydrogen-bond acceptors (Lipinski definition) is 2. The molecule has 0 bridgehead atoms. The fourth-order valence-electron chi connectivity index (χ4n) is 2.60. The van der Waals surface area contributed by atoms with Gasteiger partial charge in [-0.3, -0.25) is 9.69 Å². The first-order valence-electron chi connectivity index (χ1n) is 6.41. The first kappa shape index (κ1) is 14.6. The van der Waals surface area contributed by atoms with Gasteiger partial charge in [0.25, 0.3) is 0 Å². The van der Waals surface area contributed by atoms with Gasteiger partial charge in [0.05, 0.1) is 5.92 Å². The molecule has 2 atom stereocenters. The zero-order chi connectivity index (χ0) is 14.0. The van der Waals surface area contributed by atoms with Gasteiger partial charge in [0.2, 0.25) is 0 Å². The van der Waals surface area contributed by atoms with E-state index in [1.807, 2.05) is 12.1 Å². The maximum Gasteiger partial charge on any atom is 0.307 e. The summed E-state index contributed by atoms with van der Waals surface area (Å²) in [5.41, 5.74) is 0.997. The molecule has 1 N–H and O–H groups in total. The number of aliphatic carboxylic acids is 1. The summed E-state index contributed by atoms with van der Waals surface area (Å²) in [6.07, 6.45) is 1.67. The number of benzene rings is 1. The van der Waals surface area contributed by atoms with E-state index in [4.69, 9.17) is 28.3 Å². The van der Waals surface area contributed by atoms with Gasteiger partial charge in [-0.1, -0.05) is 29.3 Å². The lowest BCUT2D eigenvalue weighted by molar-refractivity contribution is -0.143. The molecule has 0 radical (unpaired) electrons. The van der Waals surface area contributed by atoms with Crippen molar-refractivity contribution in [1.82, 2.24) is 4.90 Å². The molecular weight excluding hydrogens is 285 g/mol. The summed E-state index contributed by atoms with van der Waals surface area (Å²) in [6, 6.07) is 5.57. The fraction of sp³-hybridized carbons (Fsp3) is 0.500. The Kier molecular flexibility index (Phi) is 4.71. The van der Waals surface area contributed by atoms with Crippen LogP contribution in [0.4, 0.5) is 0 Å². The standard InChI is InChI=1S/C14H17Cl2NO2/c1-9(12-5-4-11(15)7-13(12)16)17-6-2-3-10(8-17)14(18)19/h4-5,7,9-10H,2-3,6,8H2,1H3,(H,18,19). The molecule has 1 aromatic rings. The molecule has 0 spiro atoms. The molecule has 0 aliphatic carbocycles. The first-order valence-corrected chi connectivity index (χ1v) is 7.16. The van der Waals surface area contributed by atoms with E-state index in [1.54, 1.807) is 6.07 Å². The van der Waals surface area contributed by atoms with Gasteiger partial charge in [0.15, 0.2) is 0 Å². The van der Waals surface area contributed by atoms with Crippen molar-refractivity contribution in [3.05, 3.63) is 33.8 Å². The third-order valence-corrected chi connectivity index (χ3v) is 4.32. The Morgan fingerprint density at radius 2 is 2.21 bits per heavy atom. The molecule has 2 unspecified atom stereocenters. The SMILES string of the molecule is CC(c1ccc(Cl)cc1Cl)N1CCCC(C(=O)O)C1. The molecule has 1 aromatic carbocycles. The second-order valence-corrected chi connectivity index (χ2v) is 5.86. The van der Waals surface area contributed by atoms with E-state index >= 15 is 0 Å². The largest absolute Gasteiger partial charge is 0.481 e. The van der Waals surface area contributed by atoms with Gasteiger partial charge >= 0.3 is 5.97 Å². The van der Waals surface area contributed by atoms with E-state index < -0.39 is 5.97 Å². The quantitative estimate of drug-likeness (QED) is 0.922. The lowest BCUT2D eigenvalue weighted by Crippen LogP contribution is -2.40. The molecule has 0 amide bonds. The lowest BCUT2D eigenvalue weighted by atomic mass is 9.95. The summed E-state index contributed by atoms with van der Waals surface area (Å²) in [7, 11) is 0. The van der Waals surface area contributed by atoms with Gasteiger partial charge in [0, 0.05) is 22.6 Å². The normalized spacial score (nSPS) is 22.2. The van der Waals surface area contributed by atoms with Crippen molar-refractivity contribution in [2.75, 3.05) is 13.1 Å². The van der Waals surface area contributed by atoms with Gasteiger partial charge < -0.3 is 5.11 Å². The predicted octanol–water partition coefficient (Wildman–Crippen LogP) is 3.85. The molecule has 104 valence electrons. The van der Waals surface area contributed by atoms with Crippen molar-refractivity contribution in [3.8, 4) is 0 Å². The molecule has 1 aliphatic heterocycles. The minimum atomic E-state index is -0.709. The van der Waals surface area contributed by atoms with E-state index in [-0.39, 0.29) is 12.0 Å². The van der Waals surface area contributed by atoms with E-state index in [2.05, 4.69) is 11.8 Å². The highest BCUT2D eigenvalue weighted by Crippen LogP contribution is 2.32. The van der Waals surface area contributed by atoms with Crippen molar-refractivity contribution in [3.63, 3.8) is 0 Å². The first-order chi connectivity index (χ1) is 8.99. The van der Waals surface area contributed by atoms with E-state index in [9.17, 15) is 4.79 Å². The fourth-order valence-corrected chi connectivity index (χ4v) is 3.16. The second kappa shape index (κ2) is 6.12. The molecule has 1 heterocycles. The van der Waals surface area contributed by atoms with Crippen molar-refractivity contribution >= 4 is 29.2 Å². The van der Waals surface area contributed by atoms with Crippen LogP contribution in [0.15, 0.2) is 18.2 Å². The van der Waals surface area contributed by atoms with E-state index in [0.717, 1.165) is 24.9 Å². The number of carboxylic acids is 1. The summed E-state index contributed by atoms with van der Waals surface area (Å²) >= 11 is 12.1. The maximum atomic E-state index is 11.1. The van der Waals surface area contributed by atoms with Crippen molar-refractivity contribution in [1.29, 1.82) is 0 Å². The van der Waals surface area contributed by atoms with E-state index in [1.165, 1.54) is 0 Å². The number of rotatable bonds is 3. The average Bonchev–Trinajstić information content (AvgIpc) is 2.38. The Morgan fingerprint density at radius 3 is 2.84 bits per heavy atom. The Balaban J connectivity index is 2.14. The maximum absolute atomic E-state index is 11.1. The van der Waals surface area contributed by atoms with Crippen molar-refractivity contribution in [2.45, 2.75) is 25.8 Å². The molecule has 19 heavy (non-hydrogen) atoms. The molecule has 1 aliphatic rings. The minimum absolute atomic E-state index is 0.104. The van der Waals surface area contributed by atoms with Gasteiger partial charge in [-0.25, -0.2) is 0 Å². The summed E-state index contributed by atoms with van der Waals surface area (Å²) in [6.45, 7) is 3.54. The number of carbonyl (C=O) groups is 1. The molecule has 0 saturated carbocycles.